The molecule has 1 amide bonds. The van der Waals surface area contributed by atoms with Crippen LogP contribution in [0.4, 0.5) is 5.69 Å². The van der Waals surface area contributed by atoms with Gasteiger partial charge in [0.2, 0.25) is 5.91 Å². The molecule has 1 unspecified atom stereocenters. The van der Waals surface area contributed by atoms with Crippen LogP contribution in [-0.2, 0) is 9.59 Å². The Morgan fingerprint density at radius 1 is 1.57 bits per heavy atom. The van der Waals surface area contributed by atoms with Crippen molar-refractivity contribution >= 4 is 29.3 Å². The van der Waals surface area contributed by atoms with Gasteiger partial charge < -0.3 is 10.4 Å². The minimum atomic E-state index is -1.06. The summed E-state index contributed by atoms with van der Waals surface area (Å²) in [6, 6.07) is 2.62. The minimum Gasteiger partial charge on any atom is -0.480 e. The zero-order valence-electron chi connectivity index (χ0n) is 11.8. The van der Waals surface area contributed by atoms with Gasteiger partial charge in [-0.2, -0.15) is 0 Å². The van der Waals surface area contributed by atoms with Gasteiger partial charge in [-0.25, -0.2) is 4.79 Å². The smallest absolute Gasteiger partial charge is 0.327 e. The van der Waals surface area contributed by atoms with Crippen molar-refractivity contribution in [1.29, 1.82) is 0 Å². The van der Waals surface area contributed by atoms with Crippen molar-refractivity contribution in [1.82, 2.24) is 15.3 Å². The molecule has 0 radical (unpaired) electrons. The molecule has 0 aromatic carbocycles. The molecule has 9 heteroatoms. The Balaban J connectivity index is 2.35. The highest BCUT2D eigenvalue weighted by molar-refractivity contribution is 7.99. The average molecular weight is 311 g/mol. The molecule has 1 atom stereocenters. The molecule has 1 rings (SSSR count). The Morgan fingerprint density at radius 3 is 2.90 bits per heavy atom. The van der Waals surface area contributed by atoms with Crippen molar-refractivity contribution in [3.63, 3.8) is 0 Å². The lowest BCUT2D eigenvalue weighted by Crippen LogP contribution is -2.41. The third-order valence-corrected chi connectivity index (χ3v) is 3.32. The monoisotopic (exact) mass is 311 g/mol. The molecule has 0 fully saturated rings. The summed E-state index contributed by atoms with van der Waals surface area (Å²) >= 11 is 1.34. The first kappa shape index (κ1) is 16.9. The fraction of sp³-hybridized carbons (Fsp3) is 0.417. The van der Waals surface area contributed by atoms with Crippen LogP contribution in [0.3, 0.4) is 0 Å². The van der Waals surface area contributed by atoms with E-state index in [1.54, 1.807) is 36.6 Å². The zero-order chi connectivity index (χ0) is 15.7. The van der Waals surface area contributed by atoms with Crippen LogP contribution in [0.25, 0.3) is 0 Å². The standard InChI is InChI=1S/C12H17N5O3S/c1-9(18)14-11(12(19)20)7-21-8-17(2)16-15-10-4-3-5-13-6-10/h3-6,11H,7-8H2,1-2H3,(H,14,18)(H,19,20). The molecule has 114 valence electrons. The predicted octanol–water partition coefficient (Wildman–Crippen LogP) is 1.29. The average Bonchev–Trinajstić information content (AvgIpc) is 2.44. The fourth-order valence-corrected chi connectivity index (χ4v) is 2.17. The van der Waals surface area contributed by atoms with Gasteiger partial charge in [0.25, 0.3) is 0 Å². The van der Waals surface area contributed by atoms with Crippen LogP contribution in [0, 0.1) is 0 Å². The summed E-state index contributed by atoms with van der Waals surface area (Å²) in [5.74, 6) is -0.723. The molecule has 21 heavy (non-hydrogen) atoms. The number of carboxylic acids is 1. The first-order chi connectivity index (χ1) is 9.99. The molecule has 1 aromatic heterocycles. The number of pyridine rings is 1. The van der Waals surface area contributed by atoms with Crippen LogP contribution in [0.1, 0.15) is 6.92 Å². The zero-order valence-corrected chi connectivity index (χ0v) is 12.6. The van der Waals surface area contributed by atoms with Crippen LogP contribution < -0.4 is 5.32 Å². The summed E-state index contributed by atoms with van der Waals surface area (Å²) < 4.78 is 0. The maximum atomic E-state index is 10.9. The molecular weight excluding hydrogens is 294 g/mol. The number of rotatable bonds is 8. The Bertz CT molecular complexity index is 497. The van der Waals surface area contributed by atoms with Gasteiger partial charge in [-0.05, 0) is 12.1 Å². The molecule has 0 aliphatic rings. The highest BCUT2D eigenvalue weighted by Gasteiger charge is 2.18. The Hall–Kier alpha value is -2.16. The van der Waals surface area contributed by atoms with Crippen molar-refractivity contribution < 1.29 is 14.7 Å². The Kier molecular flexibility index (Phi) is 7.16. The lowest BCUT2D eigenvalue weighted by atomic mass is 10.3. The topological polar surface area (TPSA) is 107 Å². The van der Waals surface area contributed by atoms with Gasteiger partial charge in [0.15, 0.2) is 0 Å². The van der Waals surface area contributed by atoms with Crippen molar-refractivity contribution in [2.75, 3.05) is 18.7 Å². The van der Waals surface area contributed by atoms with Crippen LogP contribution in [0.2, 0.25) is 0 Å². The third-order valence-electron chi connectivity index (χ3n) is 2.20. The van der Waals surface area contributed by atoms with Crippen LogP contribution in [0.5, 0.6) is 0 Å². The number of carboxylic acid groups (broad SMARTS) is 1. The van der Waals surface area contributed by atoms with E-state index in [1.165, 1.54) is 18.7 Å². The van der Waals surface area contributed by atoms with E-state index in [0.717, 1.165) is 0 Å². The second-order valence-corrected chi connectivity index (χ2v) is 5.15. The summed E-state index contributed by atoms with van der Waals surface area (Å²) in [6.45, 7) is 1.29. The van der Waals surface area contributed by atoms with Gasteiger partial charge in [-0.1, -0.05) is 5.22 Å². The Labute approximate surface area is 126 Å². The largest absolute Gasteiger partial charge is 0.480 e. The highest BCUT2D eigenvalue weighted by atomic mass is 32.2. The predicted molar refractivity (Wildman–Crippen MR) is 79.1 cm³/mol. The fourth-order valence-electron chi connectivity index (χ4n) is 1.29. The van der Waals surface area contributed by atoms with Crippen molar-refractivity contribution in [3.8, 4) is 0 Å². The summed E-state index contributed by atoms with van der Waals surface area (Å²) in [5, 5.41) is 20.8. The summed E-state index contributed by atoms with van der Waals surface area (Å²) in [4.78, 5) is 25.7. The molecule has 1 heterocycles. The second-order valence-electron chi connectivity index (χ2n) is 4.15. The van der Waals surface area contributed by atoms with Crippen molar-refractivity contribution in [3.05, 3.63) is 24.5 Å². The normalized spacial score (nSPS) is 12.1. The summed E-state index contributed by atoms with van der Waals surface area (Å²) in [7, 11) is 1.72. The highest BCUT2D eigenvalue weighted by Crippen LogP contribution is 2.11. The Morgan fingerprint density at radius 2 is 2.33 bits per heavy atom. The van der Waals surface area contributed by atoms with Gasteiger partial charge in [-0.3, -0.25) is 14.8 Å². The summed E-state index contributed by atoms with van der Waals surface area (Å²) in [6.07, 6.45) is 3.23. The molecule has 0 saturated heterocycles. The van der Waals surface area contributed by atoms with E-state index < -0.39 is 12.0 Å². The second kappa shape index (κ2) is 8.90. The molecule has 8 nitrogen and oxygen atoms in total. The SMILES string of the molecule is CC(=O)NC(CSCN(C)N=Nc1cccnc1)C(=O)O. The van der Waals surface area contributed by atoms with E-state index in [0.29, 0.717) is 11.6 Å². The van der Waals surface area contributed by atoms with Crippen molar-refractivity contribution in [2.45, 2.75) is 13.0 Å². The molecule has 0 spiro atoms. The maximum Gasteiger partial charge on any atom is 0.327 e. The number of nitrogens with zero attached hydrogens (tertiary/aromatic N) is 4. The molecule has 0 aliphatic heterocycles. The van der Waals surface area contributed by atoms with Crippen LogP contribution in [-0.4, -0.2) is 51.7 Å². The van der Waals surface area contributed by atoms with Gasteiger partial charge >= 0.3 is 5.97 Å². The number of hydrogen-bond acceptors (Lipinski definition) is 6. The van der Waals surface area contributed by atoms with E-state index in [2.05, 4.69) is 20.6 Å². The quantitative estimate of drug-likeness (QED) is 0.425. The third kappa shape index (κ3) is 7.25. The molecule has 0 bridgehead atoms. The van der Waals surface area contributed by atoms with Gasteiger partial charge in [0.1, 0.15) is 11.7 Å². The maximum absolute atomic E-state index is 10.9. The number of hydrogen-bond donors (Lipinski definition) is 2. The number of nitrogens with one attached hydrogen (secondary N) is 1. The molecule has 2 N–H and O–H groups in total. The summed E-state index contributed by atoms with van der Waals surface area (Å²) in [5.41, 5.74) is 0.635. The molecular formula is C12H17N5O3S. The van der Waals surface area contributed by atoms with Crippen molar-refractivity contribution in [2.24, 2.45) is 10.3 Å². The lowest BCUT2D eigenvalue weighted by molar-refractivity contribution is -0.140. The van der Waals surface area contributed by atoms with E-state index in [1.807, 2.05) is 0 Å². The first-order valence-corrected chi connectivity index (χ1v) is 7.25. The van der Waals surface area contributed by atoms with Crippen LogP contribution >= 0.6 is 11.8 Å². The van der Waals surface area contributed by atoms with E-state index in [-0.39, 0.29) is 11.7 Å². The number of aromatic nitrogens is 1. The molecule has 1 aromatic rings. The first-order valence-electron chi connectivity index (χ1n) is 6.09. The molecule has 0 saturated carbocycles. The molecule has 0 aliphatic carbocycles. The number of thioether (sulfide) groups is 1. The lowest BCUT2D eigenvalue weighted by Gasteiger charge is -2.15. The van der Waals surface area contributed by atoms with E-state index in [4.69, 9.17) is 5.11 Å². The minimum absolute atomic E-state index is 0.252. The van der Waals surface area contributed by atoms with E-state index in [9.17, 15) is 9.59 Å². The number of carbonyl (C=O) groups excluding carboxylic acids is 1. The number of amides is 1. The van der Waals surface area contributed by atoms with Gasteiger partial charge in [-0.15, -0.1) is 16.9 Å². The van der Waals surface area contributed by atoms with E-state index >= 15 is 0 Å². The van der Waals surface area contributed by atoms with Gasteiger partial charge in [0, 0.05) is 25.9 Å². The number of aliphatic carboxylic acids is 1. The number of carbonyl (C=O) groups is 2. The van der Waals surface area contributed by atoms with Crippen LogP contribution in [0.15, 0.2) is 34.9 Å². The van der Waals surface area contributed by atoms with Gasteiger partial charge in [0.05, 0.1) is 12.1 Å².